The molecule has 0 aliphatic rings. The molecule has 2 heterocycles. The minimum absolute atomic E-state index is 0.0552. The Hall–Kier alpha value is -3.71. The summed E-state index contributed by atoms with van der Waals surface area (Å²) in [6, 6.07) is 19.7. The zero-order valence-corrected chi connectivity index (χ0v) is 19.7. The molecular formula is C26H26N4O2S. The van der Waals surface area contributed by atoms with Crippen molar-refractivity contribution < 1.29 is 9.59 Å². The Bertz CT molecular complexity index is 1240. The van der Waals surface area contributed by atoms with E-state index in [2.05, 4.69) is 5.32 Å². The molecule has 4 rings (SSSR count). The summed E-state index contributed by atoms with van der Waals surface area (Å²) in [6.07, 6.45) is 1.77. The van der Waals surface area contributed by atoms with Gasteiger partial charge in [0.15, 0.2) is 0 Å². The van der Waals surface area contributed by atoms with Gasteiger partial charge in [0, 0.05) is 18.9 Å². The molecule has 33 heavy (non-hydrogen) atoms. The van der Waals surface area contributed by atoms with Crippen molar-refractivity contribution in [3.63, 3.8) is 0 Å². The largest absolute Gasteiger partial charge is 0.332 e. The lowest BCUT2D eigenvalue weighted by Gasteiger charge is -2.18. The van der Waals surface area contributed by atoms with Gasteiger partial charge in [0.2, 0.25) is 5.91 Å². The predicted molar refractivity (Wildman–Crippen MR) is 133 cm³/mol. The molecule has 0 aliphatic heterocycles. The van der Waals surface area contributed by atoms with E-state index in [-0.39, 0.29) is 18.4 Å². The molecule has 0 saturated heterocycles. The maximum atomic E-state index is 13.3. The van der Waals surface area contributed by atoms with Crippen molar-refractivity contribution in [1.29, 1.82) is 0 Å². The Balaban J connectivity index is 1.54. The number of thiophene rings is 1. The van der Waals surface area contributed by atoms with Crippen LogP contribution in [0.2, 0.25) is 0 Å². The molecule has 0 spiro atoms. The molecule has 0 radical (unpaired) electrons. The molecule has 0 unspecified atom stereocenters. The van der Waals surface area contributed by atoms with E-state index in [0.717, 1.165) is 27.3 Å². The van der Waals surface area contributed by atoms with Crippen molar-refractivity contribution in [3.05, 3.63) is 94.5 Å². The quantitative estimate of drug-likeness (QED) is 0.424. The first-order chi connectivity index (χ1) is 15.9. The summed E-state index contributed by atoms with van der Waals surface area (Å²) in [6.45, 7) is 4.40. The van der Waals surface area contributed by atoms with Crippen molar-refractivity contribution in [2.75, 3.05) is 18.9 Å². The maximum absolute atomic E-state index is 13.3. The normalized spacial score (nSPS) is 10.8. The van der Waals surface area contributed by atoms with Crippen molar-refractivity contribution in [2.24, 2.45) is 0 Å². The highest BCUT2D eigenvalue weighted by Gasteiger charge is 2.23. The first-order valence-corrected chi connectivity index (χ1v) is 11.6. The lowest BCUT2D eigenvalue weighted by Crippen LogP contribution is -2.35. The zero-order valence-electron chi connectivity index (χ0n) is 18.9. The summed E-state index contributed by atoms with van der Waals surface area (Å²) < 4.78 is 1.78. The number of carbonyl (C=O) groups excluding carboxylic acids is 2. The summed E-state index contributed by atoms with van der Waals surface area (Å²) in [4.78, 5) is 28.4. The lowest BCUT2D eigenvalue weighted by molar-refractivity contribution is -0.116. The van der Waals surface area contributed by atoms with Crippen molar-refractivity contribution >= 4 is 28.8 Å². The summed E-state index contributed by atoms with van der Waals surface area (Å²) in [5.41, 5.74) is 4.97. The van der Waals surface area contributed by atoms with Crippen molar-refractivity contribution in [2.45, 2.75) is 20.4 Å². The number of hydrogen-bond donors (Lipinski definition) is 1. The fraction of sp³-hybridized carbons (Fsp3) is 0.192. The van der Waals surface area contributed by atoms with Crippen LogP contribution in [0.15, 0.2) is 72.2 Å². The molecule has 1 N–H and O–H groups in total. The van der Waals surface area contributed by atoms with E-state index in [1.807, 2.05) is 79.9 Å². The van der Waals surface area contributed by atoms with Crippen LogP contribution in [0.3, 0.4) is 0 Å². The van der Waals surface area contributed by atoms with Gasteiger partial charge < -0.3 is 10.2 Å². The molecule has 2 aromatic carbocycles. The van der Waals surface area contributed by atoms with E-state index in [1.54, 1.807) is 17.9 Å². The van der Waals surface area contributed by atoms with Crippen LogP contribution in [-0.2, 0) is 11.3 Å². The molecule has 2 amide bonds. The summed E-state index contributed by atoms with van der Waals surface area (Å²) >= 11 is 1.53. The van der Waals surface area contributed by atoms with Gasteiger partial charge in [0.05, 0.1) is 23.5 Å². The fourth-order valence-electron chi connectivity index (χ4n) is 3.71. The highest BCUT2D eigenvalue weighted by atomic mass is 32.1. The van der Waals surface area contributed by atoms with Gasteiger partial charge >= 0.3 is 0 Å². The van der Waals surface area contributed by atoms with Gasteiger partial charge in [0.25, 0.3) is 5.91 Å². The molecule has 0 atom stereocenters. The SMILES string of the molecule is Cc1cccc(C)c1NC(=O)CN(C)C(=O)c1cn(Cc2ccccc2)nc1-c1cccs1. The van der Waals surface area contributed by atoms with Gasteiger partial charge in [0.1, 0.15) is 5.69 Å². The zero-order chi connectivity index (χ0) is 23.4. The monoisotopic (exact) mass is 458 g/mol. The minimum atomic E-state index is -0.241. The van der Waals surface area contributed by atoms with E-state index in [9.17, 15) is 9.59 Å². The third-order valence-corrected chi connectivity index (χ3v) is 6.28. The van der Waals surface area contributed by atoms with E-state index in [1.165, 1.54) is 16.2 Å². The molecule has 7 heteroatoms. The number of hydrogen-bond acceptors (Lipinski definition) is 4. The number of carbonyl (C=O) groups is 2. The van der Waals surface area contributed by atoms with Gasteiger partial charge in [-0.25, -0.2) is 0 Å². The van der Waals surface area contributed by atoms with Gasteiger partial charge in [-0.1, -0.05) is 54.6 Å². The number of nitrogens with zero attached hydrogens (tertiary/aromatic N) is 3. The standard InChI is InChI=1S/C26H26N4O2S/c1-18-9-7-10-19(2)24(18)27-23(31)17-29(3)26(32)21-16-30(15-20-11-5-4-6-12-20)28-25(21)22-13-8-14-33-22/h4-14,16H,15,17H2,1-3H3,(H,27,31). The van der Waals surface area contributed by atoms with Crippen molar-refractivity contribution in [1.82, 2.24) is 14.7 Å². The van der Waals surface area contributed by atoms with E-state index < -0.39 is 0 Å². The number of benzene rings is 2. The molecule has 6 nitrogen and oxygen atoms in total. The maximum Gasteiger partial charge on any atom is 0.257 e. The fourth-order valence-corrected chi connectivity index (χ4v) is 4.43. The summed E-state index contributed by atoms with van der Waals surface area (Å²) in [7, 11) is 1.64. The summed E-state index contributed by atoms with van der Waals surface area (Å²) in [5, 5.41) is 9.60. The van der Waals surface area contributed by atoms with Crippen LogP contribution in [0.25, 0.3) is 10.6 Å². The smallest absolute Gasteiger partial charge is 0.257 e. The van der Waals surface area contributed by atoms with Crippen LogP contribution >= 0.6 is 11.3 Å². The first-order valence-electron chi connectivity index (χ1n) is 10.7. The molecule has 2 aromatic heterocycles. The Morgan fingerprint density at radius 1 is 1.00 bits per heavy atom. The van der Waals surface area contributed by atoms with E-state index in [0.29, 0.717) is 17.8 Å². The first kappa shape index (κ1) is 22.5. The van der Waals surface area contributed by atoms with Crippen LogP contribution < -0.4 is 5.32 Å². The Labute approximate surface area is 197 Å². The second-order valence-corrected chi connectivity index (χ2v) is 8.98. The van der Waals surface area contributed by atoms with Crippen LogP contribution in [0.1, 0.15) is 27.0 Å². The molecule has 0 fully saturated rings. The second-order valence-electron chi connectivity index (χ2n) is 8.03. The van der Waals surface area contributed by atoms with Gasteiger partial charge in [-0.05, 0) is 42.0 Å². The van der Waals surface area contributed by atoms with Crippen molar-refractivity contribution in [3.8, 4) is 10.6 Å². The molecule has 0 saturated carbocycles. The van der Waals surface area contributed by atoms with Crippen LogP contribution in [0.5, 0.6) is 0 Å². The van der Waals surface area contributed by atoms with Gasteiger partial charge in [-0.15, -0.1) is 11.3 Å². The second kappa shape index (κ2) is 9.83. The highest BCUT2D eigenvalue weighted by molar-refractivity contribution is 7.13. The minimum Gasteiger partial charge on any atom is -0.332 e. The van der Waals surface area contributed by atoms with Crippen LogP contribution in [0, 0.1) is 13.8 Å². The lowest BCUT2D eigenvalue weighted by atomic mass is 10.1. The van der Waals surface area contributed by atoms with Crippen LogP contribution in [-0.4, -0.2) is 40.1 Å². The number of aryl methyl sites for hydroxylation is 2. The number of para-hydroxylation sites is 1. The van der Waals surface area contributed by atoms with Crippen LogP contribution in [0.4, 0.5) is 5.69 Å². The number of aromatic nitrogens is 2. The molecular weight excluding hydrogens is 432 g/mol. The highest BCUT2D eigenvalue weighted by Crippen LogP contribution is 2.28. The summed E-state index contributed by atoms with van der Waals surface area (Å²) in [5.74, 6) is -0.480. The number of amides is 2. The Morgan fingerprint density at radius 3 is 2.39 bits per heavy atom. The Kier molecular flexibility index (Phi) is 6.70. The van der Waals surface area contributed by atoms with Gasteiger partial charge in [-0.2, -0.15) is 5.10 Å². The molecule has 168 valence electrons. The molecule has 0 aliphatic carbocycles. The number of nitrogens with one attached hydrogen (secondary N) is 1. The molecule has 0 bridgehead atoms. The third kappa shape index (κ3) is 5.21. The number of rotatable bonds is 7. The predicted octanol–water partition coefficient (Wildman–Crippen LogP) is 4.99. The van der Waals surface area contributed by atoms with E-state index in [4.69, 9.17) is 5.10 Å². The number of anilines is 1. The molecule has 4 aromatic rings. The third-order valence-electron chi connectivity index (χ3n) is 5.41. The van der Waals surface area contributed by atoms with Gasteiger partial charge in [-0.3, -0.25) is 14.3 Å². The topological polar surface area (TPSA) is 67.2 Å². The number of likely N-dealkylation sites (N-methyl/N-ethyl adjacent to an activating group) is 1. The van der Waals surface area contributed by atoms with E-state index >= 15 is 0 Å². The Morgan fingerprint density at radius 2 is 1.73 bits per heavy atom. The average molecular weight is 459 g/mol. The average Bonchev–Trinajstić information content (AvgIpc) is 3.46.